The maximum atomic E-state index is 6.05. The Labute approximate surface area is 92.4 Å². The van der Waals surface area contributed by atoms with Crippen molar-refractivity contribution in [2.45, 2.75) is 13.3 Å². The first-order chi connectivity index (χ1) is 6.72. The van der Waals surface area contributed by atoms with Gasteiger partial charge in [0.2, 0.25) is 0 Å². The van der Waals surface area contributed by atoms with Gasteiger partial charge in [-0.05, 0) is 35.7 Å². The van der Waals surface area contributed by atoms with Crippen molar-refractivity contribution < 1.29 is 0 Å². The third-order valence-corrected chi connectivity index (χ3v) is 2.96. The third kappa shape index (κ3) is 1.50. The van der Waals surface area contributed by atoms with E-state index in [1.165, 1.54) is 11.1 Å². The van der Waals surface area contributed by atoms with Crippen molar-refractivity contribution in [1.29, 1.82) is 0 Å². The van der Waals surface area contributed by atoms with E-state index in [0.717, 1.165) is 22.1 Å². The van der Waals surface area contributed by atoms with Gasteiger partial charge in [-0.2, -0.15) is 0 Å². The lowest BCUT2D eigenvalue weighted by Gasteiger charge is -1.96. The predicted molar refractivity (Wildman–Crippen MR) is 64.6 cm³/mol. The Morgan fingerprint density at radius 3 is 2.79 bits per heavy atom. The summed E-state index contributed by atoms with van der Waals surface area (Å²) in [4.78, 5) is 0. The molecule has 2 heteroatoms. The fraction of sp³-hybridized carbons (Fsp3) is 0.167. The average molecular weight is 250 g/mol. The van der Waals surface area contributed by atoms with Crippen LogP contribution in [0.4, 0.5) is 5.69 Å². The summed E-state index contributed by atoms with van der Waals surface area (Å²) in [5.41, 5.74) is 10.6. The van der Waals surface area contributed by atoms with Crippen LogP contribution < -0.4 is 5.73 Å². The fourth-order valence-electron chi connectivity index (χ4n) is 1.69. The van der Waals surface area contributed by atoms with E-state index in [2.05, 4.69) is 41.1 Å². The van der Waals surface area contributed by atoms with Gasteiger partial charge < -0.3 is 5.73 Å². The highest BCUT2D eigenvalue weighted by molar-refractivity contribution is 9.10. The largest absolute Gasteiger partial charge is 0.398 e. The van der Waals surface area contributed by atoms with Gasteiger partial charge >= 0.3 is 0 Å². The number of hydrogen-bond acceptors (Lipinski definition) is 1. The van der Waals surface area contributed by atoms with Gasteiger partial charge in [0, 0.05) is 15.7 Å². The second-order valence-corrected chi connectivity index (χ2v) is 4.28. The van der Waals surface area contributed by atoms with Crippen molar-refractivity contribution in [1.82, 2.24) is 0 Å². The summed E-state index contributed by atoms with van der Waals surface area (Å²) in [6, 6.07) is 10.4. The molecular weight excluding hydrogens is 238 g/mol. The number of nitrogen functional groups attached to an aromatic ring is 1. The molecule has 0 saturated carbocycles. The minimum atomic E-state index is 0.916. The van der Waals surface area contributed by atoms with Crippen LogP contribution in [0.3, 0.4) is 0 Å². The Kier molecular flexibility index (Phi) is 2.46. The van der Waals surface area contributed by atoms with E-state index < -0.39 is 0 Å². The second kappa shape index (κ2) is 3.62. The van der Waals surface area contributed by atoms with Gasteiger partial charge in [-0.25, -0.2) is 0 Å². The molecule has 0 aromatic heterocycles. The molecule has 2 N–H and O–H groups in total. The van der Waals surface area contributed by atoms with Crippen LogP contribution in [0.2, 0.25) is 0 Å². The molecule has 0 heterocycles. The molecule has 14 heavy (non-hydrogen) atoms. The van der Waals surface area contributed by atoms with Gasteiger partial charge in [0.05, 0.1) is 0 Å². The highest BCUT2D eigenvalue weighted by Crippen LogP contribution is 2.35. The molecule has 0 fully saturated rings. The zero-order valence-corrected chi connectivity index (χ0v) is 9.64. The lowest BCUT2D eigenvalue weighted by Crippen LogP contribution is -1.87. The van der Waals surface area contributed by atoms with E-state index in [9.17, 15) is 0 Å². The van der Waals surface area contributed by atoms with Gasteiger partial charge in [-0.1, -0.05) is 35.0 Å². The summed E-state index contributed by atoms with van der Waals surface area (Å²) in [7, 11) is 0. The van der Waals surface area contributed by atoms with Crippen LogP contribution >= 0.6 is 15.9 Å². The van der Waals surface area contributed by atoms with Crippen LogP contribution in [0.1, 0.15) is 12.5 Å². The molecule has 0 aliphatic heterocycles. The molecule has 0 aromatic carbocycles. The van der Waals surface area contributed by atoms with Crippen molar-refractivity contribution in [2.24, 2.45) is 0 Å². The van der Waals surface area contributed by atoms with Gasteiger partial charge in [-0.3, -0.25) is 0 Å². The molecule has 0 radical (unpaired) electrons. The Morgan fingerprint density at radius 1 is 1.29 bits per heavy atom. The Balaban J connectivity index is 2.73. The molecule has 2 aliphatic rings. The molecular formula is C12H12BrN. The van der Waals surface area contributed by atoms with E-state index in [0.29, 0.717) is 0 Å². The minimum Gasteiger partial charge on any atom is -0.398 e. The summed E-state index contributed by atoms with van der Waals surface area (Å²) in [5.74, 6) is 0. The fourth-order valence-corrected chi connectivity index (χ4v) is 2.07. The number of hydrogen-bond donors (Lipinski definition) is 1. The molecule has 72 valence electrons. The van der Waals surface area contributed by atoms with E-state index in [4.69, 9.17) is 5.73 Å². The quantitative estimate of drug-likeness (QED) is 0.820. The van der Waals surface area contributed by atoms with E-state index in [1.54, 1.807) is 0 Å². The summed E-state index contributed by atoms with van der Waals surface area (Å²) in [5, 5.41) is 0. The number of rotatable bonds is 1. The van der Waals surface area contributed by atoms with Crippen molar-refractivity contribution >= 4 is 21.6 Å². The molecule has 0 atom stereocenters. The molecule has 2 aliphatic carbocycles. The van der Waals surface area contributed by atoms with Crippen LogP contribution in [-0.2, 0) is 6.42 Å². The maximum Gasteiger partial charge on any atom is 0.0426 e. The lowest BCUT2D eigenvalue weighted by atomic mass is 10.2. The number of nitrogens with two attached hydrogens (primary N) is 1. The molecule has 2 rings (SSSR count). The summed E-state index contributed by atoms with van der Waals surface area (Å²) in [6.07, 6.45) is 0.988. The predicted octanol–water partition coefficient (Wildman–Crippen LogP) is 3.70. The smallest absolute Gasteiger partial charge is 0.0426 e. The summed E-state index contributed by atoms with van der Waals surface area (Å²) >= 11 is 3.47. The molecule has 0 unspecified atom stereocenters. The zero-order valence-electron chi connectivity index (χ0n) is 8.05. The van der Waals surface area contributed by atoms with E-state index >= 15 is 0 Å². The highest BCUT2D eigenvalue weighted by atomic mass is 79.9. The molecule has 0 spiro atoms. The number of anilines is 1. The van der Waals surface area contributed by atoms with Crippen molar-refractivity contribution in [2.75, 3.05) is 5.73 Å². The molecule has 0 amide bonds. The van der Waals surface area contributed by atoms with E-state index in [1.807, 2.05) is 12.1 Å². The van der Waals surface area contributed by atoms with Crippen molar-refractivity contribution in [3.05, 3.63) is 40.4 Å². The maximum absolute atomic E-state index is 6.05. The lowest BCUT2D eigenvalue weighted by molar-refractivity contribution is 1.16. The zero-order chi connectivity index (χ0) is 10.1. The van der Waals surface area contributed by atoms with Gasteiger partial charge in [0.25, 0.3) is 0 Å². The summed E-state index contributed by atoms with van der Waals surface area (Å²) < 4.78 is 1.06. The first-order valence-corrected chi connectivity index (χ1v) is 5.48. The van der Waals surface area contributed by atoms with Crippen molar-refractivity contribution in [3.63, 3.8) is 0 Å². The van der Waals surface area contributed by atoms with Crippen LogP contribution in [0, 0.1) is 0 Å². The number of aryl methyl sites for hydroxylation is 1. The van der Waals surface area contributed by atoms with Crippen LogP contribution in [0.5, 0.6) is 0 Å². The SMILES string of the molecule is CCc1cc2cccc(Br)cc-2c1N. The second-order valence-electron chi connectivity index (χ2n) is 3.36. The Bertz CT molecular complexity index is 437. The van der Waals surface area contributed by atoms with Gasteiger partial charge in [0.15, 0.2) is 0 Å². The van der Waals surface area contributed by atoms with Crippen LogP contribution in [0.25, 0.3) is 11.1 Å². The topological polar surface area (TPSA) is 26.0 Å². The van der Waals surface area contributed by atoms with Gasteiger partial charge in [0.1, 0.15) is 0 Å². The van der Waals surface area contributed by atoms with Crippen LogP contribution in [-0.4, -0.2) is 0 Å². The Morgan fingerprint density at radius 2 is 2.07 bits per heavy atom. The molecule has 0 bridgehead atoms. The normalized spacial score (nSPS) is 10.7. The average Bonchev–Trinajstić information content (AvgIpc) is 2.35. The third-order valence-electron chi connectivity index (χ3n) is 2.47. The van der Waals surface area contributed by atoms with Crippen LogP contribution in [0.15, 0.2) is 34.8 Å². The van der Waals surface area contributed by atoms with Gasteiger partial charge in [-0.15, -0.1) is 0 Å². The monoisotopic (exact) mass is 249 g/mol. The highest BCUT2D eigenvalue weighted by Gasteiger charge is 2.10. The molecule has 0 saturated heterocycles. The molecule has 1 nitrogen and oxygen atoms in total. The number of fused-ring (bicyclic) bond motifs is 1. The van der Waals surface area contributed by atoms with E-state index in [-0.39, 0.29) is 0 Å². The molecule has 0 aromatic rings. The first-order valence-electron chi connectivity index (χ1n) is 4.69. The Hall–Kier alpha value is -1.02. The minimum absolute atomic E-state index is 0.916. The first kappa shape index (κ1) is 9.53. The standard InChI is InChI=1S/C12H12BrN/c1-2-8-6-9-4-3-5-10(13)7-11(9)12(8)14/h3-7H,2,14H2,1H3. The number of halogens is 1. The van der Waals surface area contributed by atoms with Crippen molar-refractivity contribution in [3.8, 4) is 11.1 Å². The summed E-state index contributed by atoms with van der Waals surface area (Å²) in [6.45, 7) is 2.12.